The van der Waals surface area contributed by atoms with Crippen molar-refractivity contribution < 1.29 is 19.1 Å². The van der Waals surface area contributed by atoms with Gasteiger partial charge in [-0.3, -0.25) is 0 Å². The lowest BCUT2D eigenvalue weighted by Crippen LogP contribution is -2.49. The van der Waals surface area contributed by atoms with Crippen LogP contribution in [0.4, 0.5) is 4.79 Å². The zero-order valence-corrected chi connectivity index (χ0v) is 12.1. The zero-order valence-electron chi connectivity index (χ0n) is 12.1. The maximum absolute atomic E-state index is 11.8. The summed E-state index contributed by atoms with van der Waals surface area (Å²) < 4.78 is 5.30. The second-order valence-electron chi connectivity index (χ2n) is 4.85. The molecular weight excluding hydrogens is 262 g/mol. The van der Waals surface area contributed by atoms with E-state index in [1.165, 1.54) is 0 Å². The van der Waals surface area contributed by atoms with Gasteiger partial charge in [-0.15, -0.1) is 0 Å². The number of rotatable bonds is 6. The molecule has 1 aromatic heterocycles. The molecule has 0 saturated carbocycles. The van der Waals surface area contributed by atoms with E-state index in [-0.39, 0.29) is 5.92 Å². The van der Waals surface area contributed by atoms with Crippen LogP contribution in [-0.4, -0.2) is 28.1 Å². The lowest BCUT2D eigenvalue weighted by Gasteiger charge is -2.21. The van der Waals surface area contributed by atoms with Crippen LogP contribution in [0.25, 0.3) is 0 Å². The molecule has 20 heavy (non-hydrogen) atoms. The molecule has 0 aliphatic heterocycles. The van der Waals surface area contributed by atoms with Gasteiger partial charge in [-0.25, -0.2) is 14.6 Å². The third-order valence-electron chi connectivity index (χ3n) is 3.12. The number of hydrogen-bond acceptors (Lipinski definition) is 4. The summed E-state index contributed by atoms with van der Waals surface area (Å²) in [5, 5.41) is 14.2. The number of oxazole rings is 1. The Balaban J connectivity index is 2.59. The molecule has 0 spiro atoms. The first-order chi connectivity index (χ1) is 9.35. The van der Waals surface area contributed by atoms with Crippen LogP contribution in [0.15, 0.2) is 10.6 Å². The lowest BCUT2D eigenvalue weighted by molar-refractivity contribution is -0.140. The number of carboxylic acids is 1. The van der Waals surface area contributed by atoms with Crippen molar-refractivity contribution in [3.63, 3.8) is 0 Å². The van der Waals surface area contributed by atoms with Crippen molar-refractivity contribution in [2.75, 3.05) is 0 Å². The Morgan fingerprint density at radius 1 is 1.40 bits per heavy atom. The van der Waals surface area contributed by atoms with Crippen LogP contribution in [0.2, 0.25) is 0 Å². The van der Waals surface area contributed by atoms with E-state index in [2.05, 4.69) is 15.6 Å². The number of urea groups is 1. The van der Waals surface area contributed by atoms with Gasteiger partial charge in [-0.2, -0.15) is 0 Å². The van der Waals surface area contributed by atoms with Gasteiger partial charge in [0, 0.05) is 0 Å². The molecule has 112 valence electrons. The van der Waals surface area contributed by atoms with Gasteiger partial charge in [-0.05, 0) is 19.8 Å². The molecule has 0 aliphatic carbocycles. The molecule has 0 saturated heterocycles. The number of nitrogens with one attached hydrogen (secondary N) is 2. The van der Waals surface area contributed by atoms with Crippen LogP contribution in [0.3, 0.4) is 0 Å². The van der Waals surface area contributed by atoms with Gasteiger partial charge >= 0.3 is 12.0 Å². The molecule has 0 fully saturated rings. The fourth-order valence-corrected chi connectivity index (χ4v) is 1.70. The molecule has 7 nitrogen and oxygen atoms in total. The minimum Gasteiger partial charge on any atom is -0.480 e. The Bertz CT molecular complexity index is 472. The van der Waals surface area contributed by atoms with Crippen molar-refractivity contribution >= 4 is 12.0 Å². The van der Waals surface area contributed by atoms with Gasteiger partial charge in [0.15, 0.2) is 0 Å². The molecule has 1 unspecified atom stereocenters. The monoisotopic (exact) mass is 283 g/mol. The Morgan fingerprint density at radius 2 is 2.05 bits per heavy atom. The number of aryl methyl sites for hydroxylation is 1. The van der Waals surface area contributed by atoms with Crippen molar-refractivity contribution in [3.8, 4) is 0 Å². The normalized spacial score (nSPS) is 15.2. The fourth-order valence-electron chi connectivity index (χ4n) is 1.70. The summed E-state index contributed by atoms with van der Waals surface area (Å²) in [7, 11) is 0. The third kappa shape index (κ3) is 4.25. The predicted molar refractivity (Wildman–Crippen MR) is 72.2 cm³/mol. The van der Waals surface area contributed by atoms with Gasteiger partial charge in [0.05, 0.1) is 6.20 Å². The summed E-state index contributed by atoms with van der Waals surface area (Å²) in [4.78, 5) is 26.9. The summed E-state index contributed by atoms with van der Waals surface area (Å²) in [6, 6.07) is -1.91. The van der Waals surface area contributed by atoms with Crippen LogP contribution in [-0.2, 0) is 4.79 Å². The largest absolute Gasteiger partial charge is 0.480 e. The zero-order chi connectivity index (χ0) is 15.3. The van der Waals surface area contributed by atoms with Gasteiger partial charge in [0.2, 0.25) is 5.89 Å². The number of aliphatic carboxylic acids is 1. The van der Waals surface area contributed by atoms with E-state index in [1.807, 2.05) is 6.92 Å². The van der Waals surface area contributed by atoms with Gasteiger partial charge in [0.25, 0.3) is 0 Å². The van der Waals surface area contributed by atoms with E-state index in [1.54, 1.807) is 27.0 Å². The van der Waals surface area contributed by atoms with Gasteiger partial charge in [-0.1, -0.05) is 20.3 Å². The molecule has 0 bridgehead atoms. The molecule has 7 heteroatoms. The predicted octanol–water partition coefficient (Wildman–Crippen LogP) is 1.84. The maximum Gasteiger partial charge on any atom is 0.326 e. The highest BCUT2D eigenvalue weighted by Gasteiger charge is 2.26. The van der Waals surface area contributed by atoms with E-state index in [0.29, 0.717) is 18.1 Å². The minimum atomic E-state index is -1.05. The van der Waals surface area contributed by atoms with Crippen LogP contribution in [0, 0.1) is 12.8 Å². The highest BCUT2D eigenvalue weighted by atomic mass is 16.4. The van der Waals surface area contributed by atoms with Crippen LogP contribution in [0.1, 0.15) is 44.9 Å². The van der Waals surface area contributed by atoms with Crippen molar-refractivity contribution in [2.45, 2.75) is 46.2 Å². The first-order valence-electron chi connectivity index (χ1n) is 6.57. The number of aromatic nitrogens is 1. The molecule has 3 N–H and O–H groups in total. The van der Waals surface area contributed by atoms with E-state index in [4.69, 9.17) is 9.52 Å². The fraction of sp³-hybridized carbons (Fsp3) is 0.615. The molecule has 1 rings (SSSR count). The van der Waals surface area contributed by atoms with Crippen molar-refractivity contribution in [3.05, 3.63) is 17.8 Å². The molecule has 1 heterocycles. The van der Waals surface area contributed by atoms with Crippen molar-refractivity contribution in [1.82, 2.24) is 15.6 Å². The standard InChI is InChI=1S/C13H21N3O4/c1-5-7(2)10(12(17)18)16-13(19)15-9(4)11-14-6-8(3)20-11/h6-7,9-10H,5H2,1-4H3,(H,17,18)(H2,15,16,19)/t7-,9?,10-/m0/s1. The molecule has 2 amide bonds. The Labute approximate surface area is 117 Å². The first-order valence-corrected chi connectivity index (χ1v) is 6.57. The minimum absolute atomic E-state index is 0.155. The van der Waals surface area contributed by atoms with E-state index in [0.717, 1.165) is 0 Å². The summed E-state index contributed by atoms with van der Waals surface area (Å²) in [6.45, 7) is 7.12. The smallest absolute Gasteiger partial charge is 0.326 e. The second-order valence-corrected chi connectivity index (χ2v) is 4.85. The van der Waals surface area contributed by atoms with E-state index < -0.39 is 24.1 Å². The van der Waals surface area contributed by atoms with Gasteiger partial charge in [0.1, 0.15) is 17.8 Å². The van der Waals surface area contributed by atoms with Crippen LogP contribution < -0.4 is 10.6 Å². The molecule has 0 radical (unpaired) electrons. The topological polar surface area (TPSA) is 104 Å². The summed E-state index contributed by atoms with van der Waals surface area (Å²) >= 11 is 0. The van der Waals surface area contributed by atoms with Crippen LogP contribution >= 0.6 is 0 Å². The molecule has 1 aromatic rings. The molecular formula is C13H21N3O4. The highest BCUT2D eigenvalue weighted by Crippen LogP contribution is 2.12. The van der Waals surface area contributed by atoms with Crippen molar-refractivity contribution in [2.24, 2.45) is 5.92 Å². The number of carbonyl (C=O) groups is 2. The number of carbonyl (C=O) groups excluding carboxylic acids is 1. The number of nitrogens with zero attached hydrogens (tertiary/aromatic N) is 1. The maximum atomic E-state index is 11.8. The summed E-state index contributed by atoms with van der Waals surface area (Å²) in [5.41, 5.74) is 0. The SMILES string of the molecule is CC[C@H](C)[C@H](NC(=O)NC(C)c1ncc(C)o1)C(=O)O. The average molecular weight is 283 g/mol. The van der Waals surface area contributed by atoms with E-state index >= 15 is 0 Å². The Hall–Kier alpha value is -2.05. The molecule has 0 aromatic carbocycles. The average Bonchev–Trinajstić information content (AvgIpc) is 2.81. The number of carboxylic acid groups (broad SMARTS) is 1. The first kappa shape index (κ1) is 16.0. The summed E-state index contributed by atoms with van der Waals surface area (Å²) in [6.07, 6.45) is 2.22. The lowest BCUT2D eigenvalue weighted by atomic mass is 9.99. The Kier molecular flexibility index (Phi) is 5.54. The quantitative estimate of drug-likeness (QED) is 0.739. The third-order valence-corrected chi connectivity index (χ3v) is 3.12. The van der Waals surface area contributed by atoms with Gasteiger partial charge < -0.3 is 20.2 Å². The molecule has 3 atom stereocenters. The second kappa shape index (κ2) is 6.93. The Morgan fingerprint density at radius 3 is 2.50 bits per heavy atom. The molecule has 0 aliphatic rings. The van der Waals surface area contributed by atoms with Crippen LogP contribution in [0.5, 0.6) is 0 Å². The number of hydrogen-bond donors (Lipinski definition) is 3. The summed E-state index contributed by atoms with van der Waals surface area (Å²) in [5.74, 6) is -0.170. The number of amides is 2. The van der Waals surface area contributed by atoms with E-state index in [9.17, 15) is 9.59 Å². The highest BCUT2D eigenvalue weighted by molar-refractivity contribution is 5.82. The van der Waals surface area contributed by atoms with Crippen molar-refractivity contribution in [1.29, 1.82) is 0 Å².